The Balaban J connectivity index is 1.31. The Morgan fingerprint density at radius 2 is 2.00 bits per heavy atom. The molecular weight excluding hydrogens is 474 g/mol. The predicted molar refractivity (Wildman–Crippen MR) is 142 cm³/mol. The first-order valence-corrected chi connectivity index (χ1v) is 12.2. The molecule has 2 aliphatic heterocycles. The molecule has 2 heterocycles. The van der Waals surface area contributed by atoms with Gasteiger partial charge in [-0.2, -0.15) is 5.10 Å². The van der Waals surface area contributed by atoms with Crippen LogP contribution in [-0.4, -0.2) is 74.7 Å². The molecule has 11 heteroatoms. The number of anilines is 1. The van der Waals surface area contributed by atoms with Crippen LogP contribution < -0.4 is 20.9 Å². The number of ether oxygens (including phenoxy) is 3. The molecule has 37 heavy (non-hydrogen) atoms. The van der Waals surface area contributed by atoms with Gasteiger partial charge in [-0.15, -0.1) is 10.2 Å². The Kier molecular flexibility index (Phi) is 9.33. The number of amidine groups is 1. The van der Waals surface area contributed by atoms with Crippen LogP contribution in [0.25, 0.3) is 0 Å². The quantitative estimate of drug-likeness (QED) is 0.270. The number of benzene rings is 2. The highest BCUT2D eigenvalue weighted by atomic mass is 16.5. The predicted octanol–water partition coefficient (Wildman–Crippen LogP) is 2.87. The van der Waals surface area contributed by atoms with E-state index in [0.717, 1.165) is 30.0 Å². The average Bonchev–Trinajstić information content (AvgIpc) is 2.92. The molecule has 0 aliphatic carbocycles. The number of carbonyl (C=O) groups excluding carboxylic acids is 1. The molecule has 2 aromatic rings. The Labute approximate surface area is 216 Å². The summed E-state index contributed by atoms with van der Waals surface area (Å²) in [4.78, 5) is 14.4. The fourth-order valence-electron chi connectivity index (χ4n) is 3.78. The van der Waals surface area contributed by atoms with E-state index in [2.05, 4.69) is 31.3 Å². The largest absolute Gasteiger partial charge is 0.497 e. The number of nitrogens with one attached hydrogen (secondary N) is 3. The van der Waals surface area contributed by atoms with Crippen molar-refractivity contribution in [2.75, 3.05) is 51.9 Å². The Morgan fingerprint density at radius 1 is 1.16 bits per heavy atom. The lowest BCUT2D eigenvalue weighted by molar-refractivity contribution is 0.0355. The summed E-state index contributed by atoms with van der Waals surface area (Å²) < 4.78 is 16.0. The lowest BCUT2D eigenvalue weighted by atomic mass is 10.2. The number of nitrogens with zero attached hydrogens (tertiary/aromatic N) is 4. The molecule has 0 bridgehead atoms. The highest BCUT2D eigenvalue weighted by Crippen LogP contribution is 2.17. The zero-order chi connectivity index (χ0) is 25.9. The third-order valence-corrected chi connectivity index (χ3v) is 5.61. The first kappa shape index (κ1) is 26.0. The van der Waals surface area contributed by atoms with Gasteiger partial charge in [0.25, 0.3) is 0 Å². The molecular formula is C26H33N7O4. The molecule has 0 unspecified atom stereocenters. The lowest BCUT2D eigenvalue weighted by Crippen LogP contribution is -2.57. The molecule has 196 valence electrons. The van der Waals surface area contributed by atoms with Crippen LogP contribution in [0, 0.1) is 6.92 Å². The molecule has 2 aromatic carbocycles. The van der Waals surface area contributed by atoms with Crippen LogP contribution in [0.4, 0.5) is 10.5 Å². The minimum atomic E-state index is -0.519. The van der Waals surface area contributed by atoms with E-state index >= 15 is 0 Å². The van der Waals surface area contributed by atoms with Crippen molar-refractivity contribution in [1.82, 2.24) is 20.9 Å². The SMILES string of the molecule is COc1cccc(NC(=O)OCCCN2NC(N3CCOCC3)=CC(=NN=Cc3cccc(C)c3)N2)c1. The van der Waals surface area contributed by atoms with Gasteiger partial charge >= 0.3 is 6.09 Å². The molecule has 1 fully saturated rings. The van der Waals surface area contributed by atoms with Gasteiger partial charge in [0.05, 0.1) is 33.1 Å². The molecule has 0 saturated carbocycles. The zero-order valence-electron chi connectivity index (χ0n) is 21.1. The molecule has 0 spiro atoms. The summed E-state index contributed by atoms with van der Waals surface area (Å²) in [7, 11) is 1.58. The van der Waals surface area contributed by atoms with Crippen molar-refractivity contribution in [3.63, 3.8) is 0 Å². The van der Waals surface area contributed by atoms with E-state index in [1.54, 1.807) is 37.6 Å². The van der Waals surface area contributed by atoms with E-state index in [4.69, 9.17) is 14.2 Å². The molecule has 11 nitrogen and oxygen atoms in total. The maximum Gasteiger partial charge on any atom is 0.411 e. The van der Waals surface area contributed by atoms with Crippen LogP contribution in [0.5, 0.6) is 5.75 Å². The van der Waals surface area contributed by atoms with Crippen LogP contribution in [0.15, 0.2) is 70.6 Å². The minimum absolute atomic E-state index is 0.240. The third-order valence-electron chi connectivity index (χ3n) is 5.61. The van der Waals surface area contributed by atoms with Crippen molar-refractivity contribution < 1.29 is 19.0 Å². The van der Waals surface area contributed by atoms with E-state index in [0.29, 0.717) is 43.5 Å². The van der Waals surface area contributed by atoms with E-state index in [1.165, 1.54) is 0 Å². The second-order valence-corrected chi connectivity index (χ2v) is 8.49. The number of methoxy groups -OCH3 is 1. The maximum atomic E-state index is 12.1. The second kappa shape index (κ2) is 13.3. The number of amides is 1. The number of hydrogen-bond acceptors (Lipinski definition) is 9. The van der Waals surface area contributed by atoms with E-state index < -0.39 is 6.09 Å². The highest BCUT2D eigenvalue weighted by Gasteiger charge is 2.21. The van der Waals surface area contributed by atoms with Gasteiger partial charge in [0.2, 0.25) is 0 Å². The average molecular weight is 508 g/mol. The summed E-state index contributed by atoms with van der Waals surface area (Å²) in [6.07, 6.45) is 3.72. The van der Waals surface area contributed by atoms with Crippen LogP contribution in [-0.2, 0) is 9.47 Å². The van der Waals surface area contributed by atoms with Gasteiger partial charge in [-0.25, -0.2) is 4.79 Å². The molecule has 4 rings (SSSR count). The Bertz CT molecular complexity index is 1150. The standard InChI is InChI=1S/C26H33N7O4/c1-20-6-3-7-21(16-20)19-27-29-24-18-25(32-11-14-36-15-12-32)31-33(30-24)10-5-13-37-26(34)28-22-8-4-9-23(17-22)35-2/h3-4,6-9,16-19,31H,5,10-15H2,1-2H3,(H,28,34)(H,29,30). The van der Waals surface area contributed by atoms with Crippen LogP contribution in [0.2, 0.25) is 0 Å². The maximum absolute atomic E-state index is 12.1. The van der Waals surface area contributed by atoms with Crippen LogP contribution in [0.1, 0.15) is 17.5 Å². The lowest BCUT2D eigenvalue weighted by Gasteiger charge is -2.37. The fraction of sp³-hybridized carbons (Fsp3) is 0.346. The summed E-state index contributed by atoms with van der Waals surface area (Å²) in [5, 5.41) is 13.2. The molecule has 3 N–H and O–H groups in total. The highest BCUT2D eigenvalue weighted by molar-refractivity contribution is 5.94. The van der Waals surface area contributed by atoms with Gasteiger partial charge in [-0.05, 0) is 31.0 Å². The van der Waals surface area contributed by atoms with E-state index in [-0.39, 0.29) is 6.61 Å². The van der Waals surface area contributed by atoms with E-state index in [9.17, 15) is 4.79 Å². The number of morpholine rings is 1. The summed E-state index contributed by atoms with van der Waals surface area (Å²) in [6, 6.07) is 15.2. The zero-order valence-corrected chi connectivity index (χ0v) is 21.1. The van der Waals surface area contributed by atoms with Crippen molar-refractivity contribution in [2.45, 2.75) is 13.3 Å². The molecule has 0 aromatic heterocycles. The number of aryl methyl sites for hydroxylation is 1. The first-order valence-electron chi connectivity index (χ1n) is 12.2. The smallest absolute Gasteiger partial charge is 0.411 e. The van der Waals surface area contributed by atoms with Crippen molar-refractivity contribution in [2.24, 2.45) is 10.2 Å². The summed E-state index contributed by atoms with van der Waals surface area (Å²) in [5.74, 6) is 2.16. The van der Waals surface area contributed by atoms with Gasteiger partial charge in [0.15, 0.2) is 5.84 Å². The minimum Gasteiger partial charge on any atom is -0.497 e. The number of hydrazine groups is 2. The fourth-order valence-corrected chi connectivity index (χ4v) is 3.78. The van der Waals surface area contributed by atoms with Crippen molar-refractivity contribution in [3.05, 3.63) is 71.6 Å². The molecule has 2 aliphatic rings. The second-order valence-electron chi connectivity index (χ2n) is 8.49. The van der Waals surface area contributed by atoms with Gasteiger partial charge in [0.1, 0.15) is 11.6 Å². The molecule has 1 saturated heterocycles. The van der Waals surface area contributed by atoms with Gasteiger partial charge in [0, 0.05) is 37.5 Å². The van der Waals surface area contributed by atoms with E-state index in [1.807, 2.05) is 42.4 Å². The molecule has 0 atom stereocenters. The number of carbonyl (C=O) groups is 1. The van der Waals surface area contributed by atoms with Gasteiger partial charge in [-0.1, -0.05) is 35.9 Å². The van der Waals surface area contributed by atoms with Crippen LogP contribution in [0.3, 0.4) is 0 Å². The monoisotopic (exact) mass is 507 g/mol. The normalized spacial score (nSPS) is 17.2. The summed E-state index contributed by atoms with van der Waals surface area (Å²) >= 11 is 0. The number of hydrogen-bond donors (Lipinski definition) is 3. The summed E-state index contributed by atoms with van der Waals surface area (Å²) in [5.41, 5.74) is 9.33. The topological polar surface area (TPSA) is 112 Å². The van der Waals surface area contributed by atoms with Crippen molar-refractivity contribution in [3.8, 4) is 5.75 Å². The van der Waals surface area contributed by atoms with Crippen molar-refractivity contribution >= 4 is 23.8 Å². The Morgan fingerprint density at radius 3 is 2.81 bits per heavy atom. The molecule has 1 amide bonds. The van der Waals surface area contributed by atoms with Crippen molar-refractivity contribution in [1.29, 1.82) is 0 Å². The number of rotatable bonds is 9. The van der Waals surface area contributed by atoms with Gasteiger partial charge in [-0.3, -0.25) is 16.2 Å². The van der Waals surface area contributed by atoms with Crippen LogP contribution >= 0.6 is 0 Å². The third kappa shape index (κ3) is 8.23. The molecule has 0 radical (unpaired) electrons. The first-order chi connectivity index (χ1) is 18.1. The summed E-state index contributed by atoms with van der Waals surface area (Å²) in [6.45, 7) is 5.72. The Hall–Kier alpha value is -4.09. The van der Waals surface area contributed by atoms with Gasteiger partial charge < -0.3 is 19.1 Å².